The van der Waals surface area contributed by atoms with Crippen LogP contribution < -0.4 is 5.32 Å². The number of rotatable bonds is 3. The Labute approximate surface area is 81.4 Å². The third-order valence-corrected chi connectivity index (χ3v) is 3.15. The van der Waals surface area contributed by atoms with Crippen LogP contribution in [0.25, 0.3) is 0 Å². The number of halogens is 3. The molecule has 1 N–H and O–H groups in total. The average molecular weight is 205 g/mol. The Morgan fingerprint density at radius 3 is 2.50 bits per heavy atom. The van der Waals surface area contributed by atoms with Crippen molar-refractivity contribution in [1.82, 2.24) is 5.32 Å². The summed E-state index contributed by atoms with van der Waals surface area (Å²) in [4.78, 5) is 0. The standard InChI is InChI=1S/C10H14F3N/c11-10(12,13)6-14-5-9-4-7-1-2-8(9)3-7/h1-2,7-9,14H,3-6H2. The Morgan fingerprint density at radius 1 is 1.21 bits per heavy atom. The van der Waals surface area contributed by atoms with Crippen LogP contribution in [0.1, 0.15) is 12.8 Å². The smallest absolute Gasteiger partial charge is 0.308 e. The number of hydrogen-bond acceptors (Lipinski definition) is 1. The van der Waals surface area contributed by atoms with Crippen LogP contribution in [0.4, 0.5) is 13.2 Å². The van der Waals surface area contributed by atoms with Crippen LogP contribution in [0.2, 0.25) is 0 Å². The van der Waals surface area contributed by atoms with Crippen molar-refractivity contribution >= 4 is 0 Å². The van der Waals surface area contributed by atoms with Gasteiger partial charge in [0.25, 0.3) is 0 Å². The highest BCUT2D eigenvalue weighted by Gasteiger charge is 2.36. The largest absolute Gasteiger partial charge is 0.401 e. The van der Waals surface area contributed by atoms with Crippen LogP contribution in [0.5, 0.6) is 0 Å². The van der Waals surface area contributed by atoms with E-state index in [9.17, 15) is 13.2 Å². The van der Waals surface area contributed by atoms with E-state index in [2.05, 4.69) is 17.5 Å². The molecule has 0 radical (unpaired) electrons. The van der Waals surface area contributed by atoms with Crippen molar-refractivity contribution in [2.75, 3.05) is 13.1 Å². The van der Waals surface area contributed by atoms with Crippen molar-refractivity contribution < 1.29 is 13.2 Å². The van der Waals surface area contributed by atoms with Gasteiger partial charge in [0.2, 0.25) is 0 Å². The Kier molecular flexibility index (Phi) is 2.56. The predicted molar refractivity (Wildman–Crippen MR) is 47.8 cm³/mol. The van der Waals surface area contributed by atoms with Crippen LogP contribution in [0.15, 0.2) is 12.2 Å². The summed E-state index contributed by atoms with van der Waals surface area (Å²) in [7, 11) is 0. The van der Waals surface area contributed by atoms with Crippen molar-refractivity contribution in [1.29, 1.82) is 0 Å². The molecule has 2 bridgehead atoms. The molecule has 2 aliphatic rings. The fraction of sp³-hybridized carbons (Fsp3) is 0.800. The highest BCUT2D eigenvalue weighted by atomic mass is 19.4. The lowest BCUT2D eigenvalue weighted by Gasteiger charge is -2.19. The number of allylic oxidation sites excluding steroid dienone is 2. The maximum Gasteiger partial charge on any atom is 0.401 e. The molecule has 3 atom stereocenters. The van der Waals surface area contributed by atoms with E-state index in [1.54, 1.807) is 0 Å². The Bertz CT molecular complexity index is 234. The molecule has 2 rings (SSSR count). The highest BCUT2D eigenvalue weighted by molar-refractivity contribution is 5.10. The zero-order chi connectivity index (χ0) is 10.2. The molecule has 2 aliphatic carbocycles. The molecule has 0 aromatic heterocycles. The van der Waals surface area contributed by atoms with Gasteiger partial charge in [-0.15, -0.1) is 0 Å². The fourth-order valence-electron chi connectivity index (χ4n) is 2.53. The van der Waals surface area contributed by atoms with Gasteiger partial charge in [0.15, 0.2) is 0 Å². The molecule has 0 saturated heterocycles. The first-order chi connectivity index (χ1) is 6.54. The van der Waals surface area contributed by atoms with E-state index in [-0.39, 0.29) is 0 Å². The maximum atomic E-state index is 11.8. The van der Waals surface area contributed by atoms with Gasteiger partial charge in [-0.1, -0.05) is 12.2 Å². The van der Waals surface area contributed by atoms with Gasteiger partial charge in [0.05, 0.1) is 6.54 Å². The molecule has 14 heavy (non-hydrogen) atoms. The van der Waals surface area contributed by atoms with Crippen molar-refractivity contribution in [2.45, 2.75) is 19.0 Å². The van der Waals surface area contributed by atoms with Gasteiger partial charge < -0.3 is 5.32 Å². The van der Waals surface area contributed by atoms with Crippen molar-refractivity contribution in [3.05, 3.63) is 12.2 Å². The number of hydrogen-bond donors (Lipinski definition) is 1. The minimum atomic E-state index is -4.08. The second-order valence-electron chi connectivity index (χ2n) is 4.29. The molecule has 0 aromatic rings. The summed E-state index contributed by atoms with van der Waals surface area (Å²) in [6.07, 6.45) is 2.50. The first kappa shape index (κ1) is 10.0. The quantitative estimate of drug-likeness (QED) is 0.697. The summed E-state index contributed by atoms with van der Waals surface area (Å²) < 4.78 is 35.5. The Hall–Kier alpha value is -0.510. The second kappa shape index (κ2) is 3.57. The lowest BCUT2D eigenvalue weighted by molar-refractivity contribution is -0.125. The average Bonchev–Trinajstić information content (AvgIpc) is 2.62. The van der Waals surface area contributed by atoms with Gasteiger partial charge in [-0.05, 0) is 37.1 Å². The van der Waals surface area contributed by atoms with E-state index in [0.29, 0.717) is 24.3 Å². The van der Waals surface area contributed by atoms with E-state index in [4.69, 9.17) is 0 Å². The molecule has 80 valence electrons. The second-order valence-corrected chi connectivity index (χ2v) is 4.29. The molecule has 0 amide bonds. The molecule has 0 heterocycles. The van der Waals surface area contributed by atoms with Gasteiger partial charge in [-0.2, -0.15) is 13.2 Å². The summed E-state index contributed by atoms with van der Waals surface area (Å²) in [6.45, 7) is -0.352. The van der Waals surface area contributed by atoms with Gasteiger partial charge in [-0.3, -0.25) is 0 Å². The first-order valence-electron chi connectivity index (χ1n) is 5.00. The molecule has 4 heteroatoms. The van der Waals surface area contributed by atoms with E-state index < -0.39 is 12.7 Å². The molecular weight excluding hydrogens is 191 g/mol. The number of alkyl halides is 3. The van der Waals surface area contributed by atoms with E-state index >= 15 is 0 Å². The third-order valence-electron chi connectivity index (χ3n) is 3.15. The monoisotopic (exact) mass is 205 g/mol. The van der Waals surface area contributed by atoms with Crippen LogP contribution in [0.3, 0.4) is 0 Å². The molecule has 0 spiro atoms. The van der Waals surface area contributed by atoms with Gasteiger partial charge >= 0.3 is 6.18 Å². The van der Waals surface area contributed by atoms with E-state index in [1.165, 1.54) is 0 Å². The SMILES string of the molecule is FC(F)(F)CNCC1CC2C=CC1C2. The third kappa shape index (κ3) is 2.29. The summed E-state index contributed by atoms with van der Waals surface area (Å²) in [5, 5.41) is 2.49. The van der Waals surface area contributed by atoms with Crippen molar-refractivity contribution in [3.8, 4) is 0 Å². The molecule has 0 aliphatic heterocycles. The molecule has 0 aromatic carbocycles. The normalized spacial score (nSPS) is 35.5. The minimum Gasteiger partial charge on any atom is -0.308 e. The topological polar surface area (TPSA) is 12.0 Å². The molecular formula is C10H14F3N. The maximum absolute atomic E-state index is 11.8. The fourth-order valence-corrected chi connectivity index (χ4v) is 2.53. The molecule has 1 nitrogen and oxygen atoms in total. The van der Waals surface area contributed by atoms with Gasteiger partial charge in [0, 0.05) is 0 Å². The van der Waals surface area contributed by atoms with Crippen LogP contribution in [0, 0.1) is 17.8 Å². The molecule has 3 unspecified atom stereocenters. The zero-order valence-electron chi connectivity index (χ0n) is 7.85. The Morgan fingerprint density at radius 2 is 2.00 bits per heavy atom. The van der Waals surface area contributed by atoms with Crippen molar-refractivity contribution in [3.63, 3.8) is 0 Å². The number of fused-ring (bicyclic) bond motifs is 2. The van der Waals surface area contributed by atoms with E-state index in [0.717, 1.165) is 12.8 Å². The molecule has 1 fully saturated rings. The minimum absolute atomic E-state index is 0.423. The van der Waals surface area contributed by atoms with Crippen LogP contribution in [-0.4, -0.2) is 19.3 Å². The number of nitrogens with one attached hydrogen (secondary N) is 1. The summed E-state index contributed by atoms with van der Waals surface area (Å²) >= 11 is 0. The van der Waals surface area contributed by atoms with E-state index in [1.807, 2.05) is 0 Å². The summed E-state index contributed by atoms with van der Waals surface area (Å²) in [5.74, 6) is 1.59. The zero-order valence-corrected chi connectivity index (χ0v) is 7.85. The predicted octanol–water partition coefficient (Wildman–Crippen LogP) is 2.35. The van der Waals surface area contributed by atoms with Crippen LogP contribution in [-0.2, 0) is 0 Å². The first-order valence-corrected chi connectivity index (χ1v) is 5.00. The Balaban J connectivity index is 1.70. The highest BCUT2D eigenvalue weighted by Crippen LogP contribution is 2.42. The summed E-state index contributed by atoms with van der Waals surface area (Å²) in [6, 6.07) is 0. The summed E-state index contributed by atoms with van der Waals surface area (Å²) in [5.41, 5.74) is 0. The lowest BCUT2D eigenvalue weighted by atomic mass is 9.94. The van der Waals surface area contributed by atoms with Gasteiger partial charge in [-0.25, -0.2) is 0 Å². The van der Waals surface area contributed by atoms with Crippen LogP contribution >= 0.6 is 0 Å². The molecule has 1 saturated carbocycles. The lowest BCUT2D eigenvalue weighted by Crippen LogP contribution is -2.33. The van der Waals surface area contributed by atoms with Crippen molar-refractivity contribution in [2.24, 2.45) is 17.8 Å². The van der Waals surface area contributed by atoms with Gasteiger partial charge in [0.1, 0.15) is 0 Å².